The first-order valence-corrected chi connectivity index (χ1v) is 3.29. The Morgan fingerprint density at radius 3 is 2.90 bits per heavy atom. The van der Waals surface area contributed by atoms with Gasteiger partial charge in [0.05, 0.1) is 12.0 Å². The highest BCUT2D eigenvalue weighted by atomic mass is 15.0. The molecule has 0 N–H and O–H groups in total. The van der Waals surface area contributed by atoms with Gasteiger partial charge in [0.1, 0.15) is 0 Å². The molecule has 0 radical (unpaired) electrons. The van der Waals surface area contributed by atoms with Crippen molar-refractivity contribution in [3.63, 3.8) is 0 Å². The number of nitrogens with zero attached hydrogens (tertiary/aromatic N) is 2. The fourth-order valence-electron chi connectivity index (χ4n) is 0.867. The molecule has 0 saturated carbocycles. The van der Waals surface area contributed by atoms with Crippen molar-refractivity contribution in [3.05, 3.63) is 30.4 Å². The largest absolute Gasteiger partial charge is 0.340 e. The maximum Gasteiger partial charge on any atom is 0.0946 e. The van der Waals surface area contributed by atoms with Gasteiger partial charge < -0.3 is 4.57 Å². The molecule has 54 valence electrons. The molecule has 0 aliphatic heterocycles. The third-order valence-electron chi connectivity index (χ3n) is 1.24. The van der Waals surface area contributed by atoms with Gasteiger partial charge in [-0.25, -0.2) is 4.98 Å². The van der Waals surface area contributed by atoms with Crippen LogP contribution in [0.2, 0.25) is 0 Å². The number of allylic oxidation sites excluding steroid dienone is 1. The third kappa shape index (κ3) is 1.72. The van der Waals surface area contributed by atoms with E-state index >= 15 is 0 Å². The molecule has 0 amide bonds. The number of hydrogen-bond donors (Lipinski definition) is 0. The summed E-state index contributed by atoms with van der Waals surface area (Å²) in [6.45, 7) is 5.82. The average molecular weight is 136 g/mol. The van der Waals surface area contributed by atoms with Crippen LogP contribution in [0, 0.1) is 0 Å². The van der Waals surface area contributed by atoms with Crippen LogP contribution in [0.15, 0.2) is 24.7 Å². The molecule has 1 aromatic heterocycles. The molecule has 2 nitrogen and oxygen atoms in total. The number of imidazole rings is 1. The Hall–Kier alpha value is -1.05. The quantitative estimate of drug-likeness (QED) is 0.564. The van der Waals surface area contributed by atoms with Gasteiger partial charge in [0.15, 0.2) is 0 Å². The predicted molar refractivity (Wildman–Crippen MR) is 41.7 cm³/mol. The van der Waals surface area contributed by atoms with Crippen molar-refractivity contribution >= 4 is 0 Å². The summed E-state index contributed by atoms with van der Waals surface area (Å²) in [5.41, 5.74) is 2.24. The maximum absolute atomic E-state index is 4.16. The van der Waals surface area contributed by atoms with Crippen molar-refractivity contribution in [3.8, 4) is 0 Å². The Labute approximate surface area is 61.2 Å². The summed E-state index contributed by atoms with van der Waals surface area (Å²) in [5.74, 6) is 0. The topological polar surface area (TPSA) is 17.8 Å². The van der Waals surface area contributed by atoms with Crippen LogP contribution in [0.25, 0.3) is 0 Å². The Bertz CT molecular complexity index is 235. The minimum atomic E-state index is 0.890. The van der Waals surface area contributed by atoms with E-state index in [-0.39, 0.29) is 0 Å². The molecule has 0 aromatic carbocycles. The lowest BCUT2D eigenvalue weighted by molar-refractivity contribution is 0.912. The second-order valence-corrected chi connectivity index (χ2v) is 2.66. The maximum atomic E-state index is 4.16. The SMILES string of the molecule is C=C(C)Cc1cn(C)cn1. The fourth-order valence-corrected chi connectivity index (χ4v) is 0.867. The second-order valence-electron chi connectivity index (χ2n) is 2.66. The first-order chi connectivity index (χ1) is 4.68. The van der Waals surface area contributed by atoms with E-state index in [2.05, 4.69) is 11.6 Å². The zero-order chi connectivity index (χ0) is 7.56. The van der Waals surface area contributed by atoms with E-state index in [1.807, 2.05) is 24.7 Å². The van der Waals surface area contributed by atoms with Gasteiger partial charge in [0.2, 0.25) is 0 Å². The number of aryl methyl sites for hydroxylation is 1. The Kier molecular flexibility index (Phi) is 1.90. The Balaban J connectivity index is 2.67. The molecule has 2 heteroatoms. The standard InChI is InChI=1S/C8H12N2/c1-7(2)4-8-5-10(3)6-9-8/h5-6H,1,4H2,2-3H3. The normalized spacial score (nSPS) is 9.80. The molecule has 0 fully saturated rings. The molecular weight excluding hydrogens is 124 g/mol. The Morgan fingerprint density at radius 2 is 2.50 bits per heavy atom. The zero-order valence-electron chi connectivity index (χ0n) is 6.46. The first-order valence-electron chi connectivity index (χ1n) is 3.29. The minimum Gasteiger partial charge on any atom is -0.340 e. The fraction of sp³-hybridized carbons (Fsp3) is 0.375. The summed E-state index contributed by atoms with van der Waals surface area (Å²) in [7, 11) is 1.97. The van der Waals surface area contributed by atoms with Crippen molar-refractivity contribution in [1.29, 1.82) is 0 Å². The van der Waals surface area contributed by atoms with Crippen molar-refractivity contribution in [1.82, 2.24) is 9.55 Å². The molecule has 1 rings (SSSR count). The lowest BCUT2D eigenvalue weighted by Gasteiger charge is -1.91. The summed E-state index contributed by atoms with van der Waals surface area (Å²) in [5, 5.41) is 0. The molecule has 1 heterocycles. The van der Waals surface area contributed by atoms with E-state index in [0.29, 0.717) is 0 Å². The summed E-state index contributed by atoms with van der Waals surface area (Å²) >= 11 is 0. The smallest absolute Gasteiger partial charge is 0.0946 e. The van der Waals surface area contributed by atoms with Crippen LogP contribution < -0.4 is 0 Å². The van der Waals surface area contributed by atoms with Crippen LogP contribution in [-0.2, 0) is 13.5 Å². The van der Waals surface area contributed by atoms with Crippen LogP contribution in [0.4, 0.5) is 0 Å². The number of hydrogen-bond acceptors (Lipinski definition) is 1. The van der Waals surface area contributed by atoms with Crippen LogP contribution in [0.3, 0.4) is 0 Å². The van der Waals surface area contributed by atoms with Crippen molar-refractivity contribution < 1.29 is 0 Å². The van der Waals surface area contributed by atoms with E-state index in [1.54, 1.807) is 6.33 Å². The van der Waals surface area contributed by atoms with Gasteiger partial charge >= 0.3 is 0 Å². The third-order valence-corrected chi connectivity index (χ3v) is 1.24. The van der Waals surface area contributed by atoms with E-state index in [9.17, 15) is 0 Å². The van der Waals surface area contributed by atoms with Crippen molar-refractivity contribution in [2.24, 2.45) is 7.05 Å². The van der Waals surface area contributed by atoms with Gasteiger partial charge in [-0.3, -0.25) is 0 Å². The molecule has 0 unspecified atom stereocenters. The van der Waals surface area contributed by atoms with Gasteiger partial charge in [0.25, 0.3) is 0 Å². The molecule has 10 heavy (non-hydrogen) atoms. The van der Waals surface area contributed by atoms with E-state index in [0.717, 1.165) is 17.7 Å². The molecule has 1 aromatic rings. The average Bonchev–Trinajstić information content (AvgIpc) is 2.13. The van der Waals surface area contributed by atoms with Gasteiger partial charge in [0, 0.05) is 19.7 Å². The molecule has 0 spiro atoms. The summed E-state index contributed by atoms with van der Waals surface area (Å²) < 4.78 is 1.94. The zero-order valence-corrected chi connectivity index (χ0v) is 6.46. The molecule has 0 saturated heterocycles. The van der Waals surface area contributed by atoms with E-state index in [1.165, 1.54) is 0 Å². The second kappa shape index (κ2) is 2.69. The van der Waals surface area contributed by atoms with Gasteiger partial charge in [-0.2, -0.15) is 0 Å². The van der Waals surface area contributed by atoms with Gasteiger partial charge in [-0.15, -0.1) is 0 Å². The summed E-state index contributed by atoms with van der Waals surface area (Å²) in [6, 6.07) is 0. The van der Waals surface area contributed by atoms with Gasteiger partial charge in [-0.1, -0.05) is 12.2 Å². The van der Waals surface area contributed by atoms with Crippen molar-refractivity contribution in [2.45, 2.75) is 13.3 Å². The molecule has 0 atom stereocenters. The minimum absolute atomic E-state index is 0.890. The van der Waals surface area contributed by atoms with Crippen molar-refractivity contribution in [2.75, 3.05) is 0 Å². The molecular formula is C8H12N2. The van der Waals surface area contributed by atoms with Crippen LogP contribution in [0.1, 0.15) is 12.6 Å². The molecule has 0 aliphatic rings. The van der Waals surface area contributed by atoms with Crippen LogP contribution >= 0.6 is 0 Å². The van der Waals surface area contributed by atoms with Crippen LogP contribution in [-0.4, -0.2) is 9.55 Å². The highest BCUT2D eigenvalue weighted by molar-refractivity contribution is 5.07. The molecule has 0 aliphatic carbocycles. The molecule has 0 bridgehead atoms. The lowest BCUT2D eigenvalue weighted by atomic mass is 10.2. The summed E-state index contributed by atoms with van der Waals surface area (Å²) in [6.07, 6.45) is 4.70. The van der Waals surface area contributed by atoms with E-state index in [4.69, 9.17) is 0 Å². The highest BCUT2D eigenvalue weighted by Crippen LogP contribution is 2.01. The first kappa shape index (κ1) is 7.06. The number of rotatable bonds is 2. The highest BCUT2D eigenvalue weighted by Gasteiger charge is 1.94. The monoisotopic (exact) mass is 136 g/mol. The predicted octanol–water partition coefficient (Wildman–Crippen LogP) is 1.54. The summed E-state index contributed by atoms with van der Waals surface area (Å²) in [4.78, 5) is 4.16. The van der Waals surface area contributed by atoms with E-state index < -0.39 is 0 Å². The number of aromatic nitrogens is 2. The Morgan fingerprint density at radius 1 is 1.80 bits per heavy atom. The lowest BCUT2D eigenvalue weighted by Crippen LogP contribution is -1.84. The van der Waals surface area contributed by atoms with Crippen LogP contribution in [0.5, 0.6) is 0 Å². The van der Waals surface area contributed by atoms with Gasteiger partial charge in [-0.05, 0) is 6.92 Å².